The summed E-state index contributed by atoms with van der Waals surface area (Å²) in [5, 5.41) is 12.0. The molecule has 5 nitrogen and oxygen atoms in total. The number of rotatable bonds is 5. The Morgan fingerprint density at radius 2 is 1.84 bits per heavy atom. The number of hydrogen-bond donors (Lipinski definition) is 2. The Balaban J connectivity index is 2.39. The quantitative estimate of drug-likeness (QED) is 0.805. The summed E-state index contributed by atoms with van der Waals surface area (Å²) in [5.74, 6) is -0.487. The molecule has 5 heteroatoms. The Hall–Kier alpha value is -1.26. The molecule has 0 aromatic rings. The molecule has 1 rings (SSSR count). The molecule has 2 N–H and O–H groups in total. The number of nitrogens with zero attached hydrogens (tertiary/aromatic N) is 1. The van der Waals surface area contributed by atoms with Gasteiger partial charge in [0, 0.05) is 19.1 Å². The molecule has 1 saturated carbocycles. The van der Waals surface area contributed by atoms with Gasteiger partial charge >= 0.3 is 12.0 Å². The Morgan fingerprint density at radius 1 is 1.26 bits per heavy atom. The Labute approximate surface area is 115 Å². The lowest BCUT2D eigenvalue weighted by Crippen LogP contribution is -2.47. The van der Waals surface area contributed by atoms with Crippen LogP contribution in [-0.2, 0) is 4.79 Å². The van der Waals surface area contributed by atoms with Crippen LogP contribution in [0.4, 0.5) is 4.79 Å². The van der Waals surface area contributed by atoms with E-state index in [9.17, 15) is 9.59 Å². The zero-order valence-electron chi connectivity index (χ0n) is 12.2. The van der Waals surface area contributed by atoms with E-state index in [1.54, 1.807) is 0 Å². The van der Waals surface area contributed by atoms with Crippen LogP contribution in [0, 0.1) is 11.8 Å². The number of carboxylic acid groups (broad SMARTS) is 1. The lowest BCUT2D eigenvalue weighted by Gasteiger charge is -2.30. The molecule has 0 bridgehead atoms. The second kappa shape index (κ2) is 7.36. The van der Waals surface area contributed by atoms with Crippen molar-refractivity contribution in [2.75, 3.05) is 13.1 Å². The van der Waals surface area contributed by atoms with Crippen LogP contribution in [0.3, 0.4) is 0 Å². The number of carbonyl (C=O) groups excluding carboxylic acids is 1. The molecular formula is C14H26N2O3. The van der Waals surface area contributed by atoms with Crippen LogP contribution in [0.5, 0.6) is 0 Å². The maximum atomic E-state index is 12.1. The minimum Gasteiger partial charge on any atom is -0.481 e. The van der Waals surface area contributed by atoms with E-state index < -0.39 is 5.97 Å². The van der Waals surface area contributed by atoms with Crippen molar-refractivity contribution in [1.29, 1.82) is 0 Å². The Bertz CT molecular complexity index is 310. The highest BCUT2D eigenvalue weighted by atomic mass is 16.4. The number of nitrogens with one attached hydrogen (secondary N) is 1. The third-order valence-electron chi connectivity index (χ3n) is 3.66. The Kier molecular flexibility index (Phi) is 6.12. The summed E-state index contributed by atoms with van der Waals surface area (Å²) >= 11 is 0. The molecule has 0 aliphatic heterocycles. The lowest BCUT2D eigenvalue weighted by atomic mass is 9.86. The van der Waals surface area contributed by atoms with Gasteiger partial charge in [0.15, 0.2) is 0 Å². The molecular weight excluding hydrogens is 244 g/mol. The highest BCUT2D eigenvalue weighted by Gasteiger charge is 2.27. The van der Waals surface area contributed by atoms with Crippen molar-refractivity contribution in [3.05, 3.63) is 0 Å². The minimum absolute atomic E-state index is 0.0185. The third kappa shape index (κ3) is 5.09. The summed E-state index contributed by atoms with van der Waals surface area (Å²) in [6.07, 6.45) is 2.86. The van der Waals surface area contributed by atoms with Crippen LogP contribution in [0.15, 0.2) is 0 Å². The number of aliphatic carboxylic acids is 1. The molecule has 0 heterocycles. The van der Waals surface area contributed by atoms with Gasteiger partial charge in [0.25, 0.3) is 0 Å². The van der Waals surface area contributed by atoms with Crippen LogP contribution in [0.25, 0.3) is 0 Å². The predicted octanol–water partition coefficient (Wildman–Crippen LogP) is 2.32. The predicted molar refractivity (Wildman–Crippen MR) is 74.0 cm³/mol. The van der Waals surface area contributed by atoms with Crippen LogP contribution >= 0.6 is 0 Å². The van der Waals surface area contributed by atoms with Gasteiger partial charge in [0.2, 0.25) is 0 Å². The molecule has 0 aromatic heterocycles. The van der Waals surface area contributed by atoms with E-state index in [1.165, 1.54) is 0 Å². The van der Waals surface area contributed by atoms with Crippen molar-refractivity contribution >= 4 is 12.0 Å². The molecule has 19 heavy (non-hydrogen) atoms. The number of carboxylic acids is 1. The topological polar surface area (TPSA) is 69.6 Å². The standard InChI is InChI=1S/C14H26N2O3/c1-4-16(9-10(2)3)14(19)15-12-7-5-11(6-8-12)13(17)18/h10-12H,4-9H2,1-3H3,(H,15,19)(H,17,18). The number of amides is 2. The van der Waals surface area contributed by atoms with Gasteiger partial charge in [-0.15, -0.1) is 0 Å². The first kappa shape index (κ1) is 15.8. The summed E-state index contributed by atoms with van der Waals surface area (Å²) in [5.41, 5.74) is 0. The monoisotopic (exact) mass is 270 g/mol. The third-order valence-corrected chi connectivity index (χ3v) is 3.66. The van der Waals surface area contributed by atoms with E-state index >= 15 is 0 Å². The number of carbonyl (C=O) groups is 2. The fourth-order valence-corrected chi connectivity index (χ4v) is 2.55. The summed E-state index contributed by atoms with van der Waals surface area (Å²) in [6, 6.07) is 0.110. The maximum absolute atomic E-state index is 12.1. The van der Waals surface area contributed by atoms with Crippen molar-refractivity contribution in [3.63, 3.8) is 0 Å². The zero-order chi connectivity index (χ0) is 14.4. The number of urea groups is 1. The van der Waals surface area contributed by atoms with E-state index in [4.69, 9.17) is 5.11 Å². The average Bonchev–Trinajstić information content (AvgIpc) is 2.36. The highest BCUT2D eigenvalue weighted by molar-refractivity contribution is 5.74. The van der Waals surface area contributed by atoms with E-state index in [0.717, 1.165) is 19.4 Å². The molecule has 0 aromatic carbocycles. The van der Waals surface area contributed by atoms with Gasteiger partial charge in [-0.25, -0.2) is 4.79 Å². The van der Waals surface area contributed by atoms with E-state index in [2.05, 4.69) is 19.2 Å². The molecule has 1 fully saturated rings. The second-order valence-corrected chi connectivity index (χ2v) is 5.77. The largest absolute Gasteiger partial charge is 0.481 e. The van der Waals surface area contributed by atoms with E-state index in [1.807, 2.05) is 11.8 Å². The maximum Gasteiger partial charge on any atom is 0.317 e. The van der Waals surface area contributed by atoms with Crippen molar-refractivity contribution in [2.24, 2.45) is 11.8 Å². The first-order chi connectivity index (χ1) is 8.93. The van der Waals surface area contributed by atoms with Crippen molar-refractivity contribution in [3.8, 4) is 0 Å². The van der Waals surface area contributed by atoms with Crippen molar-refractivity contribution in [2.45, 2.75) is 52.5 Å². The fraction of sp³-hybridized carbons (Fsp3) is 0.857. The highest BCUT2D eigenvalue weighted by Crippen LogP contribution is 2.24. The van der Waals surface area contributed by atoms with Crippen molar-refractivity contribution in [1.82, 2.24) is 10.2 Å². The smallest absolute Gasteiger partial charge is 0.317 e. The molecule has 0 saturated heterocycles. The van der Waals surface area contributed by atoms with Gasteiger partial charge in [-0.2, -0.15) is 0 Å². The fourth-order valence-electron chi connectivity index (χ4n) is 2.55. The second-order valence-electron chi connectivity index (χ2n) is 5.77. The zero-order valence-corrected chi connectivity index (χ0v) is 12.2. The van der Waals surface area contributed by atoms with Gasteiger partial charge in [-0.3, -0.25) is 4.79 Å². The molecule has 0 radical (unpaired) electrons. The minimum atomic E-state index is -0.709. The van der Waals surface area contributed by atoms with Crippen LogP contribution in [0.2, 0.25) is 0 Å². The summed E-state index contributed by atoms with van der Waals surface area (Å²) in [7, 11) is 0. The molecule has 1 aliphatic rings. The molecule has 0 atom stereocenters. The SMILES string of the molecule is CCN(CC(C)C)C(=O)NC1CCC(C(=O)O)CC1. The van der Waals surface area contributed by atoms with Gasteiger partial charge in [-0.05, 0) is 38.5 Å². The molecule has 2 amide bonds. The van der Waals surface area contributed by atoms with Gasteiger partial charge in [-0.1, -0.05) is 13.8 Å². The molecule has 110 valence electrons. The molecule has 0 spiro atoms. The Morgan fingerprint density at radius 3 is 2.26 bits per heavy atom. The van der Waals surface area contributed by atoms with Crippen LogP contribution in [-0.4, -0.2) is 41.1 Å². The van der Waals surface area contributed by atoms with Gasteiger partial charge < -0.3 is 15.3 Å². The molecule has 1 aliphatic carbocycles. The normalized spacial score (nSPS) is 23.2. The summed E-state index contributed by atoms with van der Waals surface area (Å²) in [6.45, 7) is 7.62. The first-order valence-corrected chi connectivity index (χ1v) is 7.22. The summed E-state index contributed by atoms with van der Waals surface area (Å²) < 4.78 is 0. The van der Waals surface area contributed by atoms with E-state index in [-0.39, 0.29) is 18.0 Å². The summed E-state index contributed by atoms with van der Waals surface area (Å²) in [4.78, 5) is 24.8. The lowest BCUT2D eigenvalue weighted by molar-refractivity contribution is -0.142. The van der Waals surface area contributed by atoms with Crippen LogP contribution in [0.1, 0.15) is 46.5 Å². The first-order valence-electron chi connectivity index (χ1n) is 7.22. The van der Waals surface area contributed by atoms with Gasteiger partial charge in [0.1, 0.15) is 0 Å². The van der Waals surface area contributed by atoms with Crippen molar-refractivity contribution < 1.29 is 14.7 Å². The average molecular weight is 270 g/mol. The number of hydrogen-bond acceptors (Lipinski definition) is 2. The van der Waals surface area contributed by atoms with Crippen LogP contribution < -0.4 is 5.32 Å². The van der Waals surface area contributed by atoms with Gasteiger partial charge in [0.05, 0.1) is 5.92 Å². The molecule has 0 unspecified atom stereocenters. The van der Waals surface area contributed by atoms with E-state index in [0.29, 0.717) is 25.3 Å².